The highest BCUT2D eigenvalue weighted by Gasteiger charge is 2.07. The first-order chi connectivity index (χ1) is 16.5. The van der Waals surface area contributed by atoms with Gasteiger partial charge in [0.05, 0.1) is 32.7 Å². The quantitative estimate of drug-likeness (QED) is 0.695. The Hall–Kier alpha value is -2.20. The van der Waals surface area contributed by atoms with Crippen molar-refractivity contribution < 1.29 is 34.4 Å². The second-order valence-electron chi connectivity index (χ2n) is 5.08. The summed E-state index contributed by atoms with van der Waals surface area (Å²) in [5.74, 6) is -0.842. The zero-order chi connectivity index (χ0) is 27.7. The molecule has 0 aliphatic heterocycles. The Kier molecular flexibility index (Phi) is 3.56. The van der Waals surface area contributed by atoms with Gasteiger partial charge in [-0.15, -0.1) is 0 Å². The first-order valence-corrected chi connectivity index (χ1v) is 7.65. The lowest BCUT2D eigenvalue weighted by molar-refractivity contribution is 0.0976. The number of hydrogen-bond acceptors (Lipinski definition) is 4. The fourth-order valence-electron chi connectivity index (χ4n) is 1.89. The summed E-state index contributed by atoms with van der Waals surface area (Å²) in [6, 6.07) is -3.15. The van der Waals surface area contributed by atoms with Crippen LogP contribution >= 0.6 is 0 Å². The van der Waals surface area contributed by atoms with Gasteiger partial charge >= 0.3 is 0 Å². The van der Waals surface area contributed by atoms with Crippen molar-refractivity contribution in [1.82, 2.24) is 0 Å². The van der Waals surface area contributed by atoms with Crippen LogP contribution in [0.25, 0.3) is 0 Å². The number of hydrogen-bond donors (Lipinski definition) is 1. The van der Waals surface area contributed by atoms with E-state index in [-0.39, 0.29) is 40.8 Å². The van der Waals surface area contributed by atoms with E-state index in [1.54, 1.807) is 0 Å². The molecule has 2 aromatic carbocycles. The summed E-state index contributed by atoms with van der Waals surface area (Å²) in [6.45, 7) is -1.50. The third kappa shape index (κ3) is 6.31. The van der Waals surface area contributed by atoms with Crippen LogP contribution in [0.4, 0.5) is 0 Å². The molecule has 0 saturated heterocycles. The van der Waals surface area contributed by atoms with Crippen LogP contribution in [0.2, 0.25) is 0 Å². The molecule has 0 aliphatic carbocycles. The average molecular weight is 356 g/mol. The summed E-state index contributed by atoms with van der Waals surface area (Å²) in [5.41, 5.74) is -0.100. The van der Waals surface area contributed by atoms with Crippen LogP contribution < -0.4 is 14.2 Å². The third-order valence-corrected chi connectivity index (χ3v) is 3.13. The Balaban J connectivity index is 2.23. The molecule has 4 nitrogen and oxygen atoms in total. The highest BCUT2D eigenvalue weighted by atomic mass is 16.5. The summed E-state index contributed by atoms with van der Waals surface area (Å²) < 4.78 is 104. The minimum Gasteiger partial charge on any atom is -0.493 e. The highest BCUT2D eigenvalue weighted by molar-refractivity contribution is 5.42. The molecule has 2 rings (SSSR count). The molecule has 4 heteroatoms. The summed E-state index contributed by atoms with van der Waals surface area (Å²) >= 11 is 0. The fourth-order valence-corrected chi connectivity index (χ4v) is 1.89. The van der Waals surface area contributed by atoms with E-state index in [2.05, 4.69) is 0 Å². The molecule has 0 fully saturated rings. The lowest BCUT2D eigenvalue weighted by Crippen LogP contribution is -2.17. The smallest absolute Gasteiger partial charge is 0.160 e. The molecule has 0 spiro atoms. The van der Waals surface area contributed by atoms with E-state index >= 15 is 0 Å². The number of methoxy groups -OCH3 is 2. The minimum absolute atomic E-state index is 0.00806. The SMILES string of the molecule is [2H]c1c([2H])c(C)c([2H])c(OC([2H])([2H])C(O)CCC([2H])([2H])Cc2c([2H])c([2H])c(OC)c(OC)c2[2H])c1[2H]. The lowest BCUT2D eigenvalue weighted by Gasteiger charge is -2.13. The second kappa shape index (κ2) is 9.94. The lowest BCUT2D eigenvalue weighted by atomic mass is 10.0. The fraction of sp³-hybridized carbons (Fsp3) is 0.429. The Morgan fingerprint density at radius 2 is 1.92 bits per heavy atom. The van der Waals surface area contributed by atoms with Crippen molar-refractivity contribution >= 4 is 0 Å². The molecule has 0 saturated carbocycles. The van der Waals surface area contributed by atoms with Gasteiger partial charge in [-0.3, -0.25) is 0 Å². The zero-order valence-electron chi connectivity index (χ0n) is 25.4. The maximum Gasteiger partial charge on any atom is 0.160 e. The van der Waals surface area contributed by atoms with Crippen LogP contribution in [0, 0.1) is 6.92 Å². The van der Waals surface area contributed by atoms with Gasteiger partial charge in [-0.1, -0.05) is 24.5 Å². The molecular formula is C21H28O4. The Labute approximate surface area is 165 Å². The molecule has 1 unspecified atom stereocenters. The molecule has 0 radical (unpaired) electrons. The minimum atomic E-state index is -2.86. The van der Waals surface area contributed by atoms with E-state index < -0.39 is 68.2 Å². The number of ether oxygens (including phenoxy) is 3. The Bertz CT molecular complexity index is 1110. The standard InChI is InChI=1S/C21H28O4/c1-16-7-6-10-19(13-16)25-15-18(22)9-5-4-8-17-11-12-20(23-2)21(14-17)24-3/h6-7,10-14,18,22H,4-5,8-9,15H2,1-3H3/i4D2,6D,7D,10D,11D,12D,13D,14D,15D2. The van der Waals surface area contributed by atoms with Crippen LogP contribution in [-0.2, 0) is 6.42 Å². The van der Waals surface area contributed by atoms with E-state index in [4.69, 9.17) is 29.3 Å². The maximum atomic E-state index is 10.4. The zero-order valence-corrected chi connectivity index (χ0v) is 14.4. The predicted molar refractivity (Wildman–Crippen MR) is 99.8 cm³/mol. The molecule has 0 aromatic heterocycles. The summed E-state index contributed by atoms with van der Waals surface area (Å²) in [6.07, 6.45) is -5.42. The largest absolute Gasteiger partial charge is 0.493 e. The second-order valence-corrected chi connectivity index (χ2v) is 5.08. The van der Waals surface area contributed by atoms with Crippen LogP contribution in [0.15, 0.2) is 42.3 Å². The van der Waals surface area contributed by atoms with Crippen LogP contribution in [0.5, 0.6) is 17.2 Å². The normalized spacial score (nSPS) is 19.3. The molecular weight excluding hydrogens is 316 g/mol. The number of rotatable bonds is 10. The Morgan fingerprint density at radius 1 is 1.12 bits per heavy atom. The van der Waals surface area contributed by atoms with Crippen LogP contribution in [0.3, 0.4) is 0 Å². The number of aliphatic hydroxyl groups is 1. The summed E-state index contributed by atoms with van der Waals surface area (Å²) in [7, 11) is 2.51. The van der Waals surface area contributed by atoms with Gasteiger partial charge in [0.1, 0.15) is 12.3 Å². The summed E-state index contributed by atoms with van der Waals surface area (Å²) in [5, 5.41) is 10.4. The van der Waals surface area contributed by atoms with Crippen molar-refractivity contribution in [3.8, 4) is 17.2 Å². The van der Waals surface area contributed by atoms with E-state index in [1.807, 2.05) is 0 Å². The van der Waals surface area contributed by atoms with E-state index in [9.17, 15) is 5.11 Å². The van der Waals surface area contributed by atoms with Gasteiger partial charge in [0.25, 0.3) is 0 Å². The first-order valence-electron chi connectivity index (χ1n) is 13.1. The molecule has 1 atom stereocenters. The van der Waals surface area contributed by atoms with Gasteiger partial charge in [0.2, 0.25) is 0 Å². The van der Waals surface area contributed by atoms with Crippen molar-refractivity contribution in [2.45, 2.75) is 38.7 Å². The van der Waals surface area contributed by atoms with Gasteiger partial charge in [-0.2, -0.15) is 0 Å². The predicted octanol–water partition coefficient (Wildman–Crippen LogP) is 4.16. The van der Waals surface area contributed by atoms with Gasteiger partial charge in [-0.25, -0.2) is 0 Å². The van der Waals surface area contributed by atoms with Gasteiger partial charge in [-0.05, 0) is 61.4 Å². The van der Waals surface area contributed by atoms with Gasteiger partial charge in [0, 0.05) is 2.74 Å². The molecule has 0 aliphatic rings. The van der Waals surface area contributed by atoms with Crippen molar-refractivity contribution in [3.63, 3.8) is 0 Å². The monoisotopic (exact) mass is 355 g/mol. The Morgan fingerprint density at radius 3 is 2.68 bits per heavy atom. The molecule has 0 heterocycles. The topological polar surface area (TPSA) is 47.9 Å². The average Bonchev–Trinajstić information content (AvgIpc) is 2.82. The van der Waals surface area contributed by atoms with Crippen molar-refractivity contribution in [2.24, 2.45) is 0 Å². The van der Waals surface area contributed by atoms with E-state index in [0.717, 1.165) is 0 Å². The highest BCUT2D eigenvalue weighted by Crippen LogP contribution is 2.28. The molecule has 2 aromatic rings. The van der Waals surface area contributed by atoms with Crippen LogP contribution in [0.1, 0.15) is 45.4 Å². The summed E-state index contributed by atoms with van der Waals surface area (Å²) in [4.78, 5) is 0. The molecule has 1 N–H and O–H groups in total. The van der Waals surface area contributed by atoms with Gasteiger partial charge in [0.15, 0.2) is 11.5 Å². The van der Waals surface area contributed by atoms with Crippen molar-refractivity contribution in [2.75, 3.05) is 20.8 Å². The van der Waals surface area contributed by atoms with E-state index in [0.29, 0.717) is 0 Å². The maximum absolute atomic E-state index is 10.4. The van der Waals surface area contributed by atoms with E-state index in [1.165, 1.54) is 21.1 Å². The van der Waals surface area contributed by atoms with Gasteiger partial charge < -0.3 is 19.3 Å². The number of benzene rings is 2. The first kappa shape index (κ1) is 8.95. The third-order valence-electron chi connectivity index (χ3n) is 3.13. The molecule has 0 amide bonds. The molecule has 25 heavy (non-hydrogen) atoms. The molecule has 0 bridgehead atoms. The van der Waals surface area contributed by atoms with Crippen molar-refractivity contribution in [3.05, 3.63) is 53.4 Å². The number of aliphatic hydroxyl groups excluding tert-OH is 1. The van der Waals surface area contributed by atoms with Crippen LogP contribution in [-0.4, -0.2) is 32.0 Å². The molecule has 136 valence electrons. The van der Waals surface area contributed by atoms with Crippen molar-refractivity contribution in [1.29, 1.82) is 0 Å².